The van der Waals surface area contributed by atoms with Gasteiger partial charge in [0.15, 0.2) is 0 Å². The van der Waals surface area contributed by atoms with Gasteiger partial charge in [-0.3, -0.25) is 4.79 Å². The van der Waals surface area contributed by atoms with E-state index < -0.39 is 0 Å². The van der Waals surface area contributed by atoms with Crippen molar-refractivity contribution < 1.29 is 4.79 Å². The standard InChI is InChI=1S/C15H21N3OS/c1-10(2)11(8-16)15(19)18(3)9-14-17-12-6-4-5-7-13(12)20-14/h4-7,10-11H,8-9,16H2,1-3H3. The van der Waals surface area contributed by atoms with Gasteiger partial charge in [-0.2, -0.15) is 0 Å². The minimum Gasteiger partial charge on any atom is -0.339 e. The molecule has 0 saturated carbocycles. The third-order valence-corrected chi connectivity index (χ3v) is 4.48. The maximum absolute atomic E-state index is 12.4. The van der Waals surface area contributed by atoms with Gasteiger partial charge in [-0.1, -0.05) is 26.0 Å². The Morgan fingerprint density at radius 3 is 2.70 bits per heavy atom. The van der Waals surface area contributed by atoms with Crippen LogP contribution in [0, 0.1) is 11.8 Å². The van der Waals surface area contributed by atoms with Crippen LogP contribution in [-0.2, 0) is 11.3 Å². The van der Waals surface area contributed by atoms with Crippen molar-refractivity contribution in [2.24, 2.45) is 17.6 Å². The molecule has 1 amide bonds. The molecule has 0 fully saturated rings. The zero-order valence-electron chi connectivity index (χ0n) is 12.2. The summed E-state index contributed by atoms with van der Waals surface area (Å²) in [6.45, 7) is 4.99. The van der Waals surface area contributed by atoms with Gasteiger partial charge in [0.2, 0.25) is 5.91 Å². The lowest BCUT2D eigenvalue weighted by Gasteiger charge is -2.24. The van der Waals surface area contributed by atoms with E-state index >= 15 is 0 Å². The van der Waals surface area contributed by atoms with Crippen LogP contribution in [0.15, 0.2) is 24.3 Å². The van der Waals surface area contributed by atoms with Crippen molar-refractivity contribution in [3.05, 3.63) is 29.3 Å². The number of benzene rings is 1. The predicted molar refractivity (Wildman–Crippen MR) is 83.5 cm³/mol. The molecule has 1 atom stereocenters. The Hall–Kier alpha value is -1.46. The van der Waals surface area contributed by atoms with E-state index in [0.717, 1.165) is 15.2 Å². The van der Waals surface area contributed by atoms with Crippen molar-refractivity contribution in [2.45, 2.75) is 20.4 Å². The number of fused-ring (bicyclic) bond motifs is 1. The lowest BCUT2D eigenvalue weighted by atomic mass is 9.94. The third kappa shape index (κ3) is 3.16. The van der Waals surface area contributed by atoms with Crippen LogP contribution in [-0.4, -0.2) is 29.4 Å². The van der Waals surface area contributed by atoms with E-state index in [9.17, 15) is 4.79 Å². The van der Waals surface area contributed by atoms with Gasteiger partial charge in [-0.15, -0.1) is 11.3 Å². The molecule has 0 radical (unpaired) electrons. The molecule has 0 saturated heterocycles. The van der Waals surface area contributed by atoms with Gasteiger partial charge in [-0.25, -0.2) is 4.98 Å². The van der Waals surface area contributed by atoms with Gasteiger partial charge in [0.1, 0.15) is 5.01 Å². The Morgan fingerprint density at radius 2 is 2.10 bits per heavy atom. The molecular weight excluding hydrogens is 270 g/mol. The minimum atomic E-state index is -0.116. The number of nitrogens with two attached hydrogens (primary N) is 1. The van der Waals surface area contributed by atoms with Gasteiger partial charge < -0.3 is 10.6 Å². The molecule has 2 N–H and O–H groups in total. The normalized spacial score (nSPS) is 12.8. The fourth-order valence-corrected chi connectivity index (χ4v) is 3.23. The number of para-hydroxylation sites is 1. The van der Waals surface area contributed by atoms with Crippen LogP contribution in [0.3, 0.4) is 0 Å². The SMILES string of the molecule is CC(C)C(CN)C(=O)N(C)Cc1nc2ccccc2s1. The van der Waals surface area contributed by atoms with E-state index in [1.165, 1.54) is 0 Å². The Balaban J connectivity index is 2.10. The largest absolute Gasteiger partial charge is 0.339 e. The summed E-state index contributed by atoms with van der Waals surface area (Å²) in [6.07, 6.45) is 0. The molecule has 108 valence electrons. The van der Waals surface area contributed by atoms with Crippen LogP contribution in [0.2, 0.25) is 0 Å². The van der Waals surface area contributed by atoms with Crippen LogP contribution in [0.5, 0.6) is 0 Å². The van der Waals surface area contributed by atoms with E-state index in [0.29, 0.717) is 13.1 Å². The summed E-state index contributed by atoms with van der Waals surface area (Å²) in [4.78, 5) is 18.6. The van der Waals surface area contributed by atoms with E-state index in [1.54, 1.807) is 16.2 Å². The van der Waals surface area contributed by atoms with Crippen molar-refractivity contribution >= 4 is 27.5 Å². The second kappa shape index (κ2) is 6.33. The van der Waals surface area contributed by atoms with Crippen molar-refractivity contribution in [3.8, 4) is 0 Å². The smallest absolute Gasteiger partial charge is 0.227 e. The van der Waals surface area contributed by atoms with Gasteiger partial charge >= 0.3 is 0 Å². The highest BCUT2D eigenvalue weighted by Gasteiger charge is 2.24. The van der Waals surface area contributed by atoms with Gasteiger partial charge in [0.25, 0.3) is 0 Å². The fourth-order valence-electron chi connectivity index (χ4n) is 2.21. The monoisotopic (exact) mass is 291 g/mol. The molecule has 1 aromatic carbocycles. The zero-order valence-corrected chi connectivity index (χ0v) is 13.0. The van der Waals surface area contributed by atoms with Crippen LogP contribution < -0.4 is 5.73 Å². The van der Waals surface area contributed by atoms with Crippen molar-refractivity contribution in [3.63, 3.8) is 0 Å². The van der Waals surface area contributed by atoms with Crippen molar-refractivity contribution in [2.75, 3.05) is 13.6 Å². The lowest BCUT2D eigenvalue weighted by Crippen LogP contribution is -2.38. The molecule has 0 aliphatic rings. The fraction of sp³-hybridized carbons (Fsp3) is 0.467. The number of hydrogen-bond donors (Lipinski definition) is 1. The minimum absolute atomic E-state index is 0.0988. The van der Waals surface area contributed by atoms with Crippen molar-refractivity contribution in [1.29, 1.82) is 0 Å². The molecule has 4 nitrogen and oxygen atoms in total. The average Bonchev–Trinajstić information content (AvgIpc) is 2.80. The van der Waals surface area contributed by atoms with Crippen LogP contribution >= 0.6 is 11.3 Å². The number of carbonyl (C=O) groups is 1. The molecule has 0 aliphatic heterocycles. The van der Waals surface area contributed by atoms with Crippen LogP contribution in [0.4, 0.5) is 0 Å². The van der Waals surface area contributed by atoms with E-state index in [-0.39, 0.29) is 17.7 Å². The molecule has 1 unspecified atom stereocenters. The maximum atomic E-state index is 12.4. The van der Waals surface area contributed by atoms with E-state index in [1.807, 2.05) is 39.1 Å². The highest BCUT2D eigenvalue weighted by Crippen LogP contribution is 2.23. The highest BCUT2D eigenvalue weighted by atomic mass is 32.1. The number of amides is 1. The first kappa shape index (κ1) is 14.9. The molecule has 2 aromatic rings. The summed E-state index contributed by atoms with van der Waals surface area (Å²) in [5.74, 6) is 0.237. The zero-order chi connectivity index (χ0) is 14.7. The third-order valence-electron chi connectivity index (χ3n) is 3.46. The highest BCUT2D eigenvalue weighted by molar-refractivity contribution is 7.18. The van der Waals surface area contributed by atoms with Gasteiger partial charge in [-0.05, 0) is 18.1 Å². The second-order valence-electron chi connectivity index (χ2n) is 5.36. The maximum Gasteiger partial charge on any atom is 0.227 e. The number of hydrogen-bond acceptors (Lipinski definition) is 4. The second-order valence-corrected chi connectivity index (χ2v) is 6.47. The molecule has 5 heteroatoms. The number of thiazole rings is 1. The first-order valence-electron chi connectivity index (χ1n) is 6.82. The quantitative estimate of drug-likeness (QED) is 0.920. The van der Waals surface area contributed by atoms with Gasteiger partial charge in [0, 0.05) is 13.6 Å². The lowest BCUT2D eigenvalue weighted by molar-refractivity contribution is -0.135. The van der Waals surface area contributed by atoms with E-state index in [2.05, 4.69) is 11.1 Å². The summed E-state index contributed by atoms with van der Waals surface area (Å²) >= 11 is 1.63. The molecule has 0 spiro atoms. The average molecular weight is 291 g/mol. The molecule has 1 aromatic heterocycles. The molecule has 2 rings (SSSR count). The Morgan fingerprint density at radius 1 is 1.40 bits per heavy atom. The van der Waals surface area contributed by atoms with Crippen molar-refractivity contribution in [1.82, 2.24) is 9.88 Å². The first-order chi connectivity index (χ1) is 9.52. The summed E-state index contributed by atoms with van der Waals surface area (Å²) in [6, 6.07) is 8.02. The van der Waals surface area contributed by atoms with Crippen LogP contribution in [0.25, 0.3) is 10.2 Å². The number of nitrogens with zero attached hydrogens (tertiary/aromatic N) is 2. The summed E-state index contributed by atoms with van der Waals surface area (Å²) in [7, 11) is 1.82. The van der Waals surface area contributed by atoms with Crippen LogP contribution in [0.1, 0.15) is 18.9 Å². The molecule has 0 aliphatic carbocycles. The first-order valence-corrected chi connectivity index (χ1v) is 7.64. The molecule has 20 heavy (non-hydrogen) atoms. The summed E-state index contributed by atoms with van der Waals surface area (Å²) < 4.78 is 1.16. The summed E-state index contributed by atoms with van der Waals surface area (Å²) in [5, 5.41) is 0.960. The number of carbonyl (C=O) groups excluding carboxylic acids is 1. The van der Waals surface area contributed by atoms with Gasteiger partial charge in [0.05, 0.1) is 22.7 Å². The Bertz CT molecular complexity index is 561. The number of aromatic nitrogens is 1. The molecular formula is C15H21N3OS. The summed E-state index contributed by atoms with van der Waals surface area (Å²) in [5.41, 5.74) is 6.70. The Kier molecular flexibility index (Phi) is 4.73. The molecule has 1 heterocycles. The predicted octanol–water partition coefficient (Wildman–Crippen LogP) is 2.49. The topological polar surface area (TPSA) is 59.2 Å². The Labute approximate surface area is 123 Å². The number of rotatable bonds is 5. The molecule has 0 bridgehead atoms. The van der Waals surface area contributed by atoms with E-state index in [4.69, 9.17) is 5.73 Å².